The van der Waals surface area contributed by atoms with E-state index in [2.05, 4.69) is 6.92 Å². The van der Waals surface area contributed by atoms with Crippen LogP contribution in [0.2, 0.25) is 0 Å². The Balaban J connectivity index is 2.14. The summed E-state index contributed by atoms with van der Waals surface area (Å²) < 4.78 is 0. The van der Waals surface area contributed by atoms with E-state index in [1.807, 2.05) is 0 Å². The number of carboxylic acid groups (broad SMARTS) is 1. The fraction of sp³-hybridized carbons (Fsp3) is 0.889. The van der Waals surface area contributed by atoms with E-state index in [0.717, 1.165) is 44.9 Å². The molecule has 0 saturated heterocycles. The topological polar surface area (TPSA) is 54.4 Å². The Labute approximate surface area is 129 Å². The van der Waals surface area contributed by atoms with Crippen molar-refractivity contribution < 1.29 is 14.7 Å². The second kappa shape index (κ2) is 10.8. The summed E-state index contributed by atoms with van der Waals surface area (Å²) in [7, 11) is 0. The summed E-state index contributed by atoms with van der Waals surface area (Å²) in [5.41, 5.74) is 0. The Kier molecular flexibility index (Phi) is 9.36. The van der Waals surface area contributed by atoms with E-state index in [-0.39, 0.29) is 6.42 Å². The summed E-state index contributed by atoms with van der Waals surface area (Å²) in [4.78, 5) is 22.4. The van der Waals surface area contributed by atoms with E-state index < -0.39 is 5.97 Å². The van der Waals surface area contributed by atoms with Gasteiger partial charge in [0.15, 0.2) is 0 Å². The van der Waals surface area contributed by atoms with Crippen LogP contribution in [0.25, 0.3) is 0 Å². The highest BCUT2D eigenvalue weighted by Gasteiger charge is 2.33. The van der Waals surface area contributed by atoms with Gasteiger partial charge in [-0.05, 0) is 31.6 Å². The second-order valence-electron chi connectivity index (χ2n) is 6.57. The predicted molar refractivity (Wildman–Crippen MR) is 85.3 cm³/mol. The molecule has 0 aromatic heterocycles. The van der Waals surface area contributed by atoms with Gasteiger partial charge in [-0.2, -0.15) is 0 Å². The van der Waals surface area contributed by atoms with Crippen molar-refractivity contribution in [2.75, 3.05) is 0 Å². The normalized spacial score (nSPS) is 21.9. The minimum absolute atomic E-state index is 0.280. The largest absolute Gasteiger partial charge is 0.481 e. The Morgan fingerprint density at radius 2 is 1.71 bits per heavy atom. The lowest BCUT2D eigenvalue weighted by Crippen LogP contribution is -2.15. The number of rotatable bonds is 12. The molecule has 2 atom stereocenters. The Bertz CT molecular complexity index is 312. The highest BCUT2D eigenvalue weighted by atomic mass is 16.4. The highest BCUT2D eigenvalue weighted by Crippen LogP contribution is 2.36. The van der Waals surface area contributed by atoms with Gasteiger partial charge in [0, 0.05) is 18.8 Å². The van der Waals surface area contributed by atoms with Crippen LogP contribution >= 0.6 is 0 Å². The van der Waals surface area contributed by atoms with Gasteiger partial charge in [0.25, 0.3) is 0 Å². The minimum Gasteiger partial charge on any atom is -0.481 e. The van der Waals surface area contributed by atoms with Crippen molar-refractivity contribution in [1.29, 1.82) is 0 Å². The van der Waals surface area contributed by atoms with E-state index >= 15 is 0 Å². The zero-order valence-corrected chi connectivity index (χ0v) is 13.6. The zero-order valence-electron chi connectivity index (χ0n) is 13.6. The average Bonchev–Trinajstić information content (AvgIpc) is 2.79. The Morgan fingerprint density at radius 3 is 2.43 bits per heavy atom. The van der Waals surface area contributed by atoms with Crippen molar-refractivity contribution in [3.63, 3.8) is 0 Å². The molecule has 21 heavy (non-hydrogen) atoms. The van der Waals surface area contributed by atoms with Crippen LogP contribution < -0.4 is 0 Å². The molecule has 0 unspecified atom stereocenters. The van der Waals surface area contributed by atoms with Gasteiger partial charge in [-0.15, -0.1) is 0 Å². The first-order valence-electron chi connectivity index (χ1n) is 8.89. The predicted octanol–water partition coefficient (Wildman–Crippen LogP) is 4.98. The van der Waals surface area contributed by atoms with Crippen LogP contribution in [0.15, 0.2) is 0 Å². The standard InChI is InChI=1S/C18H32O3/c1-2-3-4-7-10-15-13-14-17(19)16(15)11-8-5-6-9-12-18(20)21/h15-16H,2-14H2,1H3,(H,20,21)/t15-,16+/m1/s1. The molecule has 122 valence electrons. The summed E-state index contributed by atoms with van der Waals surface area (Å²) >= 11 is 0. The maximum Gasteiger partial charge on any atom is 0.303 e. The molecule has 0 amide bonds. The monoisotopic (exact) mass is 296 g/mol. The summed E-state index contributed by atoms with van der Waals surface area (Å²) in [6.07, 6.45) is 13.5. The van der Waals surface area contributed by atoms with Crippen molar-refractivity contribution in [3.05, 3.63) is 0 Å². The summed E-state index contributed by atoms with van der Waals surface area (Å²) in [6.45, 7) is 2.23. The van der Waals surface area contributed by atoms with Gasteiger partial charge in [0.05, 0.1) is 0 Å². The first-order chi connectivity index (χ1) is 10.1. The molecule has 0 heterocycles. The molecule has 1 N–H and O–H groups in total. The molecule has 0 aromatic carbocycles. The van der Waals surface area contributed by atoms with Crippen molar-refractivity contribution in [1.82, 2.24) is 0 Å². The molecule has 3 nitrogen and oxygen atoms in total. The van der Waals surface area contributed by atoms with Crippen LogP contribution in [0.4, 0.5) is 0 Å². The van der Waals surface area contributed by atoms with Crippen molar-refractivity contribution >= 4 is 11.8 Å². The Hall–Kier alpha value is -0.860. The molecule has 1 saturated carbocycles. The lowest BCUT2D eigenvalue weighted by molar-refractivity contribution is -0.137. The number of aliphatic carboxylic acids is 1. The first kappa shape index (κ1) is 18.2. The van der Waals surface area contributed by atoms with Crippen molar-refractivity contribution in [2.45, 2.75) is 90.4 Å². The van der Waals surface area contributed by atoms with E-state index in [1.165, 1.54) is 32.1 Å². The molecule has 0 bridgehead atoms. The van der Waals surface area contributed by atoms with Crippen LogP contribution in [-0.4, -0.2) is 16.9 Å². The zero-order chi connectivity index (χ0) is 15.5. The van der Waals surface area contributed by atoms with Gasteiger partial charge < -0.3 is 5.11 Å². The van der Waals surface area contributed by atoms with Gasteiger partial charge >= 0.3 is 5.97 Å². The average molecular weight is 296 g/mol. The lowest BCUT2D eigenvalue weighted by atomic mass is 9.86. The first-order valence-corrected chi connectivity index (χ1v) is 8.89. The molecule has 0 aromatic rings. The van der Waals surface area contributed by atoms with Gasteiger partial charge in [0.2, 0.25) is 0 Å². The fourth-order valence-corrected chi connectivity index (χ4v) is 3.55. The van der Waals surface area contributed by atoms with E-state index in [9.17, 15) is 9.59 Å². The highest BCUT2D eigenvalue weighted by molar-refractivity contribution is 5.83. The Morgan fingerprint density at radius 1 is 1.05 bits per heavy atom. The molecule has 0 spiro atoms. The minimum atomic E-state index is -0.701. The molecule has 1 rings (SSSR count). The number of Topliss-reactive ketones (excluding diaryl/α,β-unsaturated/α-hetero) is 1. The molecule has 1 fully saturated rings. The van der Waals surface area contributed by atoms with Gasteiger partial charge in [-0.1, -0.05) is 51.9 Å². The van der Waals surface area contributed by atoms with Crippen LogP contribution in [0.1, 0.15) is 90.4 Å². The molecule has 1 aliphatic carbocycles. The van der Waals surface area contributed by atoms with E-state index in [4.69, 9.17) is 5.11 Å². The molecular weight excluding hydrogens is 264 g/mol. The number of hydrogen-bond donors (Lipinski definition) is 1. The molecule has 3 heteroatoms. The van der Waals surface area contributed by atoms with Gasteiger partial charge in [0.1, 0.15) is 5.78 Å². The van der Waals surface area contributed by atoms with Crippen LogP contribution in [0, 0.1) is 11.8 Å². The molecule has 0 radical (unpaired) electrons. The number of carbonyl (C=O) groups excluding carboxylic acids is 1. The molecule has 1 aliphatic rings. The number of carbonyl (C=O) groups is 2. The number of ketones is 1. The third-order valence-corrected chi connectivity index (χ3v) is 4.83. The van der Waals surface area contributed by atoms with Gasteiger partial charge in [-0.3, -0.25) is 9.59 Å². The smallest absolute Gasteiger partial charge is 0.303 e. The number of unbranched alkanes of at least 4 members (excludes halogenated alkanes) is 6. The third-order valence-electron chi connectivity index (χ3n) is 4.83. The van der Waals surface area contributed by atoms with Crippen molar-refractivity contribution in [2.24, 2.45) is 11.8 Å². The fourth-order valence-electron chi connectivity index (χ4n) is 3.55. The van der Waals surface area contributed by atoms with E-state index in [1.54, 1.807) is 0 Å². The molecule has 0 aliphatic heterocycles. The summed E-state index contributed by atoms with van der Waals surface area (Å²) in [5.74, 6) is 0.730. The maximum atomic E-state index is 12.0. The summed E-state index contributed by atoms with van der Waals surface area (Å²) in [5, 5.41) is 8.59. The van der Waals surface area contributed by atoms with E-state index in [0.29, 0.717) is 17.6 Å². The lowest BCUT2D eigenvalue weighted by Gasteiger charge is -2.18. The molecular formula is C18H32O3. The number of carboxylic acids is 1. The SMILES string of the molecule is CCCCCC[C@@H]1CCC(=O)[C@H]1CCCCCCC(=O)O. The van der Waals surface area contributed by atoms with Crippen LogP contribution in [0.5, 0.6) is 0 Å². The maximum absolute atomic E-state index is 12.0. The number of hydrogen-bond acceptors (Lipinski definition) is 2. The summed E-state index contributed by atoms with van der Waals surface area (Å²) in [6, 6.07) is 0. The van der Waals surface area contributed by atoms with Gasteiger partial charge in [-0.25, -0.2) is 0 Å². The quantitative estimate of drug-likeness (QED) is 0.517. The third kappa shape index (κ3) is 7.63. The van der Waals surface area contributed by atoms with Crippen LogP contribution in [0.3, 0.4) is 0 Å². The van der Waals surface area contributed by atoms with Crippen molar-refractivity contribution in [3.8, 4) is 0 Å². The second-order valence-corrected chi connectivity index (χ2v) is 6.57. The van der Waals surface area contributed by atoms with Crippen LogP contribution in [-0.2, 0) is 9.59 Å².